The molecule has 1 N–H and O–H groups in total. The highest BCUT2D eigenvalue weighted by molar-refractivity contribution is 5.95. The van der Waals surface area contributed by atoms with Gasteiger partial charge in [-0.05, 0) is 37.1 Å². The number of carbonyl (C=O) groups is 2. The Labute approximate surface area is 126 Å². The third-order valence-electron chi connectivity index (χ3n) is 3.62. The van der Waals surface area contributed by atoms with Gasteiger partial charge in [-0.2, -0.15) is 13.2 Å². The van der Waals surface area contributed by atoms with Gasteiger partial charge >= 0.3 is 6.18 Å². The van der Waals surface area contributed by atoms with Crippen molar-refractivity contribution < 1.29 is 22.8 Å². The summed E-state index contributed by atoms with van der Waals surface area (Å²) in [7, 11) is 0. The largest absolute Gasteiger partial charge is 0.393 e. The summed E-state index contributed by atoms with van der Waals surface area (Å²) < 4.78 is 38.3. The van der Waals surface area contributed by atoms with Crippen LogP contribution in [0.1, 0.15) is 30.1 Å². The number of hydrogen-bond donors (Lipinski definition) is 1. The molecular formula is C15H17F3N2O2. The number of benzene rings is 1. The standard InChI is InChI=1S/C15H17F3N2O2/c1-10(21)19-13-6-4-11(5-7-13)14(22)20-8-2-3-12(9-20)15(16,17)18/h4-7,12H,2-3,8-9H2,1H3,(H,19,21)/t12-/m1/s1. The molecule has 0 unspecified atom stereocenters. The highest BCUT2D eigenvalue weighted by Gasteiger charge is 2.42. The first-order valence-electron chi connectivity index (χ1n) is 7.01. The molecule has 1 aliphatic heterocycles. The monoisotopic (exact) mass is 314 g/mol. The zero-order chi connectivity index (χ0) is 16.3. The number of hydrogen-bond acceptors (Lipinski definition) is 2. The minimum Gasteiger partial charge on any atom is -0.338 e. The van der Waals surface area contributed by atoms with Crippen molar-refractivity contribution in [2.75, 3.05) is 18.4 Å². The van der Waals surface area contributed by atoms with Gasteiger partial charge in [-0.1, -0.05) is 0 Å². The van der Waals surface area contributed by atoms with Crippen molar-refractivity contribution in [3.05, 3.63) is 29.8 Å². The Morgan fingerprint density at radius 3 is 2.41 bits per heavy atom. The second-order valence-electron chi connectivity index (χ2n) is 5.39. The van der Waals surface area contributed by atoms with Crippen LogP contribution in [0.3, 0.4) is 0 Å². The fourth-order valence-corrected chi connectivity index (χ4v) is 2.51. The quantitative estimate of drug-likeness (QED) is 0.912. The van der Waals surface area contributed by atoms with E-state index in [1.54, 1.807) is 12.1 Å². The lowest BCUT2D eigenvalue weighted by Crippen LogP contribution is -2.44. The summed E-state index contributed by atoms with van der Waals surface area (Å²) in [6.07, 6.45) is -3.86. The summed E-state index contributed by atoms with van der Waals surface area (Å²) in [5.41, 5.74) is 0.854. The van der Waals surface area contributed by atoms with Crippen molar-refractivity contribution in [2.45, 2.75) is 25.9 Å². The number of carbonyl (C=O) groups excluding carboxylic acids is 2. The molecule has 120 valence electrons. The molecule has 4 nitrogen and oxygen atoms in total. The predicted octanol–water partition coefficient (Wildman–Crippen LogP) is 3.06. The normalized spacial score (nSPS) is 18.9. The van der Waals surface area contributed by atoms with Crippen molar-refractivity contribution in [1.82, 2.24) is 4.90 Å². The van der Waals surface area contributed by atoms with Gasteiger partial charge in [0.15, 0.2) is 0 Å². The zero-order valence-corrected chi connectivity index (χ0v) is 12.1. The zero-order valence-electron chi connectivity index (χ0n) is 12.1. The van der Waals surface area contributed by atoms with E-state index in [9.17, 15) is 22.8 Å². The second kappa shape index (κ2) is 6.37. The Kier molecular flexibility index (Phi) is 4.73. The Morgan fingerprint density at radius 2 is 1.86 bits per heavy atom. The second-order valence-corrected chi connectivity index (χ2v) is 5.39. The molecule has 1 saturated heterocycles. The molecule has 1 fully saturated rings. The SMILES string of the molecule is CC(=O)Nc1ccc(C(=O)N2CCC[C@@H](C(F)(F)F)C2)cc1. The van der Waals surface area contributed by atoms with Gasteiger partial charge in [-0.3, -0.25) is 9.59 Å². The van der Waals surface area contributed by atoms with E-state index in [0.717, 1.165) is 0 Å². The van der Waals surface area contributed by atoms with Gasteiger partial charge in [0.1, 0.15) is 0 Å². The van der Waals surface area contributed by atoms with E-state index in [1.165, 1.54) is 24.0 Å². The van der Waals surface area contributed by atoms with Crippen molar-refractivity contribution in [2.24, 2.45) is 5.92 Å². The number of nitrogens with zero attached hydrogens (tertiary/aromatic N) is 1. The molecule has 1 aromatic carbocycles. The molecule has 0 radical (unpaired) electrons. The van der Waals surface area contributed by atoms with E-state index in [-0.39, 0.29) is 18.9 Å². The predicted molar refractivity (Wildman–Crippen MR) is 75.4 cm³/mol. The molecule has 0 bridgehead atoms. The summed E-state index contributed by atoms with van der Waals surface area (Å²) in [6.45, 7) is 1.40. The Morgan fingerprint density at radius 1 is 1.23 bits per heavy atom. The Bertz CT molecular complexity index is 555. The van der Waals surface area contributed by atoms with Crippen LogP contribution >= 0.6 is 0 Å². The van der Waals surface area contributed by atoms with E-state index in [0.29, 0.717) is 24.2 Å². The highest BCUT2D eigenvalue weighted by Crippen LogP contribution is 2.33. The summed E-state index contributed by atoms with van der Waals surface area (Å²) in [6, 6.07) is 6.12. The van der Waals surface area contributed by atoms with Crippen LogP contribution in [-0.4, -0.2) is 36.0 Å². The Hall–Kier alpha value is -2.05. The van der Waals surface area contributed by atoms with Gasteiger partial charge in [-0.15, -0.1) is 0 Å². The molecular weight excluding hydrogens is 297 g/mol. The van der Waals surface area contributed by atoms with Crippen LogP contribution < -0.4 is 5.32 Å². The Balaban J connectivity index is 2.06. The molecule has 2 rings (SSSR count). The number of piperidine rings is 1. The van der Waals surface area contributed by atoms with Gasteiger partial charge in [0.05, 0.1) is 5.92 Å². The third-order valence-corrected chi connectivity index (χ3v) is 3.62. The molecule has 1 atom stereocenters. The minimum atomic E-state index is -4.27. The lowest BCUT2D eigenvalue weighted by molar-refractivity contribution is -0.184. The molecule has 2 amide bonds. The van der Waals surface area contributed by atoms with Crippen LogP contribution in [0.15, 0.2) is 24.3 Å². The van der Waals surface area contributed by atoms with Crippen molar-refractivity contribution >= 4 is 17.5 Å². The number of anilines is 1. The van der Waals surface area contributed by atoms with Gasteiger partial charge < -0.3 is 10.2 Å². The first-order valence-corrected chi connectivity index (χ1v) is 7.01. The van der Waals surface area contributed by atoms with Crippen molar-refractivity contribution in [3.8, 4) is 0 Å². The maximum Gasteiger partial charge on any atom is 0.393 e. The summed E-state index contributed by atoms with van der Waals surface area (Å²) in [4.78, 5) is 24.4. The van der Waals surface area contributed by atoms with Gasteiger partial charge in [0.25, 0.3) is 5.91 Å². The molecule has 0 spiro atoms. The van der Waals surface area contributed by atoms with Crippen LogP contribution in [0, 0.1) is 5.92 Å². The van der Waals surface area contributed by atoms with Crippen LogP contribution in [0.5, 0.6) is 0 Å². The number of nitrogens with one attached hydrogen (secondary N) is 1. The van der Waals surface area contributed by atoms with Crippen LogP contribution in [-0.2, 0) is 4.79 Å². The number of rotatable bonds is 2. The number of amides is 2. The average Bonchev–Trinajstić information content (AvgIpc) is 2.46. The van der Waals surface area contributed by atoms with E-state index in [4.69, 9.17) is 0 Å². The summed E-state index contributed by atoms with van der Waals surface area (Å²) >= 11 is 0. The van der Waals surface area contributed by atoms with Crippen molar-refractivity contribution in [1.29, 1.82) is 0 Å². The molecule has 22 heavy (non-hydrogen) atoms. The lowest BCUT2D eigenvalue weighted by atomic mass is 9.97. The average molecular weight is 314 g/mol. The van der Waals surface area contributed by atoms with E-state index in [2.05, 4.69) is 5.32 Å². The van der Waals surface area contributed by atoms with Gasteiger partial charge in [0.2, 0.25) is 5.91 Å². The summed E-state index contributed by atoms with van der Waals surface area (Å²) in [5.74, 6) is -2.10. The van der Waals surface area contributed by atoms with Crippen LogP contribution in [0.25, 0.3) is 0 Å². The molecule has 0 aliphatic carbocycles. The first-order chi connectivity index (χ1) is 10.3. The van der Waals surface area contributed by atoms with Crippen LogP contribution in [0.2, 0.25) is 0 Å². The number of halogens is 3. The van der Waals surface area contributed by atoms with Gasteiger partial charge in [0, 0.05) is 31.3 Å². The molecule has 0 saturated carbocycles. The topological polar surface area (TPSA) is 49.4 Å². The van der Waals surface area contributed by atoms with E-state index in [1.807, 2.05) is 0 Å². The van der Waals surface area contributed by atoms with E-state index >= 15 is 0 Å². The maximum atomic E-state index is 12.8. The molecule has 7 heteroatoms. The van der Waals surface area contributed by atoms with Crippen molar-refractivity contribution in [3.63, 3.8) is 0 Å². The minimum absolute atomic E-state index is 0.0642. The highest BCUT2D eigenvalue weighted by atomic mass is 19.4. The molecule has 0 aromatic heterocycles. The molecule has 1 aromatic rings. The maximum absolute atomic E-state index is 12.8. The first kappa shape index (κ1) is 16.3. The fraction of sp³-hybridized carbons (Fsp3) is 0.467. The van der Waals surface area contributed by atoms with Gasteiger partial charge in [-0.25, -0.2) is 0 Å². The smallest absolute Gasteiger partial charge is 0.338 e. The van der Waals surface area contributed by atoms with E-state index < -0.39 is 18.0 Å². The lowest BCUT2D eigenvalue weighted by Gasteiger charge is -2.33. The molecule has 1 heterocycles. The van der Waals surface area contributed by atoms with Crippen LogP contribution in [0.4, 0.5) is 18.9 Å². The third kappa shape index (κ3) is 3.99. The number of likely N-dealkylation sites (tertiary alicyclic amines) is 1. The number of alkyl halides is 3. The fourth-order valence-electron chi connectivity index (χ4n) is 2.51. The molecule has 1 aliphatic rings. The summed E-state index contributed by atoms with van der Waals surface area (Å²) in [5, 5.41) is 2.56.